The second-order valence-corrected chi connectivity index (χ2v) is 7.60. The average molecular weight is 342 g/mol. The van der Waals surface area contributed by atoms with Crippen LogP contribution in [0.3, 0.4) is 0 Å². The number of rotatable bonds is 2. The van der Waals surface area contributed by atoms with Crippen molar-refractivity contribution in [3.8, 4) is 0 Å². The first-order valence-corrected chi connectivity index (χ1v) is 9.26. The standard InChI is InChI=1S/C20H26N2O3/c1-2-19(24)9-12-25-20(14-19)7-10-22(11-8-20)18(23)17-13-15-5-3-4-6-16(15)21-17/h3-6,13,21,24H,2,7-12,14H2,1H3. The number of likely N-dealkylation sites (tertiary alicyclic amines) is 1. The second kappa shape index (κ2) is 6.15. The van der Waals surface area contributed by atoms with Crippen LogP contribution in [0.1, 0.15) is 49.5 Å². The van der Waals surface area contributed by atoms with Gasteiger partial charge in [-0.2, -0.15) is 0 Å². The quantitative estimate of drug-likeness (QED) is 0.881. The fraction of sp³-hybridized carbons (Fsp3) is 0.550. The number of carbonyl (C=O) groups excluding carboxylic acids is 1. The number of amides is 1. The molecule has 25 heavy (non-hydrogen) atoms. The van der Waals surface area contributed by atoms with Crippen LogP contribution in [0.25, 0.3) is 10.9 Å². The van der Waals surface area contributed by atoms with E-state index in [4.69, 9.17) is 4.74 Å². The number of carbonyl (C=O) groups is 1. The molecule has 1 unspecified atom stereocenters. The molecule has 5 nitrogen and oxygen atoms in total. The van der Waals surface area contributed by atoms with Crippen molar-refractivity contribution in [3.05, 3.63) is 36.0 Å². The van der Waals surface area contributed by atoms with Gasteiger partial charge in [0, 0.05) is 30.4 Å². The van der Waals surface area contributed by atoms with Gasteiger partial charge in [-0.05, 0) is 37.8 Å². The number of aromatic nitrogens is 1. The van der Waals surface area contributed by atoms with E-state index in [0.717, 1.165) is 30.2 Å². The third kappa shape index (κ3) is 3.07. The van der Waals surface area contributed by atoms with E-state index in [2.05, 4.69) is 4.98 Å². The van der Waals surface area contributed by atoms with Gasteiger partial charge in [-0.1, -0.05) is 25.1 Å². The van der Waals surface area contributed by atoms with Crippen LogP contribution < -0.4 is 0 Å². The molecule has 2 fully saturated rings. The maximum absolute atomic E-state index is 12.8. The van der Waals surface area contributed by atoms with E-state index in [-0.39, 0.29) is 11.5 Å². The molecular weight excluding hydrogens is 316 g/mol. The fourth-order valence-corrected chi connectivity index (χ4v) is 4.30. The minimum Gasteiger partial charge on any atom is -0.390 e. The van der Waals surface area contributed by atoms with Crippen molar-refractivity contribution >= 4 is 16.8 Å². The third-order valence-corrected chi connectivity index (χ3v) is 6.01. The number of nitrogens with zero attached hydrogens (tertiary/aromatic N) is 1. The summed E-state index contributed by atoms with van der Waals surface area (Å²) < 4.78 is 6.08. The Balaban J connectivity index is 1.45. The van der Waals surface area contributed by atoms with Gasteiger partial charge in [0.25, 0.3) is 5.91 Å². The van der Waals surface area contributed by atoms with Gasteiger partial charge in [0.15, 0.2) is 0 Å². The van der Waals surface area contributed by atoms with E-state index in [1.54, 1.807) is 0 Å². The van der Waals surface area contributed by atoms with Crippen molar-refractivity contribution in [1.29, 1.82) is 0 Å². The highest BCUT2D eigenvalue weighted by molar-refractivity contribution is 5.98. The minimum atomic E-state index is -0.610. The number of benzene rings is 1. The normalized spacial score (nSPS) is 26.2. The maximum Gasteiger partial charge on any atom is 0.270 e. The molecule has 1 amide bonds. The van der Waals surface area contributed by atoms with Gasteiger partial charge in [0.1, 0.15) is 5.69 Å². The first kappa shape index (κ1) is 16.6. The lowest BCUT2D eigenvalue weighted by molar-refractivity contribution is -0.176. The van der Waals surface area contributed by atoms with Gasteiger partial charge in [-0.3, -0.25) is 4.79 Å². The summed E-state index contributed by atoms with van der Waals surface area (Å²) in [6.07, 6.45) is 3.74. The van der Waals surface area contributed by atoms with Crippen LogP contribution in [-0.4, -0.2) is 51.8 Å². The van der Waals surface area contributed by atoms with Crippen LogP contribution in [0.2, 0.25) is 0 Å². The number of H-pyrrole nitrogens is 1. The molecule has 4 rings (SSSR count). The molecule has 2 aromatic rings. The Morgan fingerprint density at radius 2 is 2.04 bits per heavy atom. The zero-order valence-electron chi connectivity index (χ0n) is 14.8. The summed E-state index contributed by atoms with van der Waals surface area (Å²) in [5, 5.41) is 11.7. The number of fused-ring (bicyclic) bond motifs is 1. The number of hydrogen-bond donors (Lipinski definition) is 2. The smallest absolute Gasteiger partial charge is 0.270 e. The molecule has 3 heterocycles. The average Bonchev–Trinajstić information content (AvgIpc) is 3.06. The largest absolute Gasteiger partial charge is 0.390 e. The summed E-state index contributed by atoms with van der Waals surface area (Å²) in [6.45, 7) is 4.00. The lowest BCUT2D eigenvalue weighted by Gasteiger charge is -2.49. The van der Waals surface area contributed by atoms with Crippen molar-refractivity contribution in [2.75, 3.05) is 19.7 Å². The van der Waals surface area contributed by atoms with Crippen molar-refractivity contribution in [2.24, 2.45) is 0 Å². The van der Waals surface area contributed by atoms with E-state index >= 15 is 0 Å². The number of ether oxygens (including phenoxy) is 1. The number of hydrogen-bond acceptors (Lipinski definition) is 3. The molecule has 1 atom stereocenters. The van der Waals surface area contributed by atoms with E-state index in [0.29, 0.717) is 38.2 Å². The topological polar surface area (TPSA) is 65.6 Å². The Labute approximate surface area is 148 Å². The molecule has 0 saturated carbocycles. The summed E-state index contributed by atoms with van der Waals surface area (Å²) >= 11 is 0. The summed E-state index contributed by atoms with van der Waals surface area (Å²) in [6, 6.07) is 9.86. The van der Waals surface area contributed by atoms with Crippen molar-refractivity contribution in [3.63, 3.8) is 0 Å². The first-order chi connectivity index (χ1) is 12.0. The van der Waals surface area contributed by atoms with E-state index < -0.39 is 5.60 Å². The van der Waals surface area contributed by atoms with E-state index in [9.17, 15) is 9.90 Å². The predicted molar refractivity (Wildman–Crippen MR) is 96.6 cm³/mol. The molecule has 1 aromatic carbocycles. The Morgan fingerprint density at radius 1 is 1.28 bits per heavy atom. The fourth-order valence-electron chi connectivity index (χ4n) is 4.30. The van der Waals surface area contributed by atoms with Crippen LogP contribution >= 0.6 is 0 Å². The molecule has 5 heteroatoms. The highest BCUT2D eigenvalue weighted by Gasteiger charge is 2.46. The number of nitrogens with one attached hydrogen (secondary N) is 1. The Kier molecular flexibility index (Phi) is 4.08. The van der Waals surface area contributed by atoms with Gasteiger partial charge in [0.2, 0.25) is 0 Å². The van der Waals surface area contributed by atoms with Crippen LogP contribution in [0, 0.1) is 0 Å². The van der Waals surface area contributed by atoms with Crippen molar-refractivity contribution in [2.45, 2.75) is 50.2 Å². The Morgan fingerprint density at radius 3 is 2.76 bits per heavy atom. The predicted octanol–water partition coefficient (Wildman–Crippen LogP) is 3.09. The molecule has 2 aliphatic heterocycles. The van der Waals surface area contributed by atoms with Crippen LogP contribution in [0.15, 0.2) is 30.3 Å². The second-order valence-electron chi connectivity index (χ2n) is 7.60. The summed E-state index contributed by atoms with van der Waals surface area (Å²) in [5.74, 6) is 0.0487. The molecule has 2 saturated heterocycles. The van der Waals surface area contributed by atoms with Crippen molar-refractivity contribution in [1.82, 2.24) is 9.88 Å². The highest BCUT2D eigenvalue weighted by atomic mass is 16.5. The molecule has 2 N–H and O–H groups in total. The lowest BCUT2D eigenvalue weighted by atomic mass is 9.76. The molecular formula is C20H26N2O3. The van der Waals surface area contributed by atoms with E-state index in [1.807, 2.05) is 42.2 Å². The number of piperidine rings is 1. The molecule has 2 aliphatic rings. The Bertz CT molecular complexity index is 743. The maximum atomic E-state index is 12.8. The molecule has 0 bridgehead atoms. The van der Waals surface area contributed by atoms with Gasteiger partial charge < -0.3 is 19.7 Å². The summed E-state index contributed by atoms with van der Waals surface area (Å²) in [5.41, 5.74) is 0.761. The van der Waals surface area contributed by atoms with E-state index in [1.165, 1.54) is 0 Å². The number of aliphatic hydroxyl groups is 1. The summed E-state index contributed by atoms with van der Waals surface area (Å²) in [4.78, 5) is 18.0. The molecule has 0 radical (unpaired) electrons. The zero-order chi connectivity index (χ0) is 17.5. The monoisotopic (exact) mass is 342 g/mol. The Hall–Kier alpha value is -1.85. The molecule has 1 spiro atoms. The van der Waals surface area contributed by atoms with Gasteiger partial charge in [-0.25, -0.2) is 0 Å². The lowest BCUT2D eigenvalue weighted by Crippen LogP contribution is -2.55. The van der Waals surface area contributed by atoms with Crippen molar-refractivity contribution < 1.29 is 14.6 Å². The number of para-hydroxylation sites is 1. The summed E-state index contributed by atoms with van der Waals surface area (Å²) in [7, 11) is 0. The zero-order valence-corrected chi connectivity index (χ0v) is 14.8. The van der Waals surface area contributed by atoms with Gasteiger partial charge >= 0.3 is 0 Å². The SMILES string of the molecule is CCC1(O)CCOC2(CCN(C(=O)c3cc4ccccc4[nH]3)CC2)C1. The molecule has 134 valence electrons. The third-order valence-electron chi connectivity index (χ3n) is 6.01. The van der Waals surface area contributed by atoms with Crippen LogP contribution in [-0.2, 0) is 4.74 Å². The van der Waals surface area contributed by atoms with Crippen LogP contribution in [0.4, 0.5) is 0 Å². The molecule has 1 aromatic heterocycles. The van der Waals surface area contributed by atoms with Gasteiger partial charge in [0.05, 0.1) is 17.8 Å². The highest BCUT2D eigenvalue weighted by Crippen LogP contribution is 2.41. The van der Waals surface area contributed by atoms with Crippen LogP contribution in [0.5, 0.6) is 0 Å². The first-order valence-electron chi connectivity index (χ1n) is 9.26. The number of aromatic amines is 1. The minimum absolute atomic E-state index is 0.0487. The van der Waals surface area contributed by atoms with Gasteiger partial charge in [-0.15, -0.1) is 0 Å². The molecule has 0 aliphatic carbocycles.